The van der Waals surface area contributed by atoms with Gasteiger partial charge in [0.05, 0.1) is 20.9 Å². The van der Waals surface area contributed by atoms with Gasteiger partial charge in [0.2, 0.25) is 0 Å². The molecule has 0 bridgehead atoms. The molecular weight excluding hydrogens is 289 g/mol. The molecular formula is C13H14Cl2NOS+. The number of carbonyl (C=O) groups excluding carboxylic acids is 1. The van der Waals surface area contributed by atoms with Crippen molar-refractivity contribution in [1.29, 1.82) is 0 Å². The van der Waals surface area contributed by atoms with Gasteiger partial charge in [-0.3, -0.25) is 0 Å². The quantitative estimate of drug-likeness (QED) is 0.672. The van der Waals surface area contributed by atoms with Crippen LogP contribution < -0.4 is 5.32 Å². The molecule has 1 saturated heterocycles. The van der Waals surface area contributed by atoms with Gasteiger partial charge < -0.3 is 5.32 Å². The Balaban J connectivity index is 2.01. The molecule has 18 heavy (non-hydrogen) atoms. The Bertz CT molecular complexity index is 470. The summed E-state index contributed by atoms with van der Waals surface area (Å²) in [5, 5.41) is 4.52. The second-order valence-electron chi connectivity index (χ2n) is 3.98. The molecule has 1 aliphatic rings. The van der Waals surface area contributed by atoms with Crippen molar-refractivity contribution >= 4 is 45.3 Å². The molecule has 0 aliphatic carbocycles. The van der Waals surface area contributed by atoms with Crippen LogP contribution in [-0.2, 0) is 15.7 Å². The van der Waals surface area contributed by atoms with Crippen molar-refractivity contribution in [2.45, 2.75) is 0 Å². The summed E-state index contributed by atoms with van der Waals surface area (Å²) in [6.07, 6.45) is 3.47. The first kappa shape index (κ1) is 13.9. The summed E-state index contributed by atoms with van der Waals surface area (Å²) in [5.74, 6) is 1.90. The van der Waals surface area contributed by atoms with Crippen LogP contribution in [0.4, 0.5) is 0 Å². The number of nitrogens with one attached hydrogen (secondary N) is 1. The zero-order valence-corrected chi connectivity index (χ0v) is 12.1. The van der Waals surface area contributed by atoms with E-state index in [1.54, 1.807) is 24.3 Å². The average molecular weight is 303 g/mol. The summed E-state index contributed by atoms with van der Waals surface area (Å²) in [6.45, 7) is 1.88. The van der Waals surface area contributed by atoms with Crippen molar-refractivity contribution < 1.29 is 4.79 Å². The molecule has 1 aliphatic heterocycles. The van der Waals surface area contributed by atoms with Crippen LogP contribution in [0, 0.1) is 0 Å². The Morgan fingerprint density at radius 3 is 2.61 bits per heavy atom. The number of carbonyl (C=O) groups is 1. The molecule has 0 aromatic heterocycles. The van der Waals surface area contributed by atoms with Gasteiger partial charge in [-0.15, -0.1) is 0 Å². The molecule has 1 N–H and O–H groups in total. The zero-order valence-electron chi connectivity index (χ0n) is 9.79. The lowest BCUT2D eigenvalue weighted by molar-refractivity contribution is -0.107. The fraction of sp³-hybridized carbons (Fsp3) is 0.308. The third-order valence-electron chi connectivity index (χ3n) is 2.69. The van der Waals surface area contributed by atoms with Crippen LogP contribution in [0.1, 0.15) is 5.56 Å². The number of hydrogen-bond acceptors (Lipinski definition) is 2. The van der Waals surface area contributed by atoms with Crippen molar-refractivity contribution in [3.8, 4) is 0 Å². The Kier molecular flexibility index (Phi) is 5.13. The van der Waals surface area contributed by atoms with Gasteiger partial charge in [0.25, 0.3) is 0 Å². The van der Waals surface area contributed by atoms with Gasteiger partial charge in [-0.05, 0) is 23.8 Å². The molecule has 5 heteroatoms. The molecule has 0 saturated carbocycles. The highest BCUT2D eigenvalue weighted by Gasteiger charge is 2.28. The van der Waals surface area contributed by atoms with Crippen molar-refractivity contribution in [2.75, 3.05) is 24.6 Å². The number of halogens is 2. The highest BCUT2D eigenvalue weighted by Crippen LogP contribution is 2.23. The van der Waals surface area contributed by atoms with Gasteiger partial charge in [-0.1, -0.05) is 29.3 Å². The maximum atomic E-state index is 12.0. The largest absolute Gasteiger partial charge is 0.354 e. The summed E-state index contributed by atoms with van der Waals surface area (Å²) < 4.78 is 0. The maximum Gasteiger partial charge on any atom is 0.354 e. The minimum atomic E-state index is -0.120. The minimum absolute atomic E-state index is 0.120. The molecule has 0 amide bonds. The smallest absolute Gasteiger partial charge is 0.308 e. The zero-order chi connectivity index (χ0) is 13.0. The van der Waals surface area contributed by atoms with Crippen LogP contribution in [-0.4, -0.2) is 29.7 Å². The molecule has 0 atom stereocenters. The summed E-state index contributed by atoms with van der Waals surface area (Å²) in [4.78, 5) is 12.0. The van der Waals surface area contributed by atoms with Crippen molar-refractivity contribution in [2.24, 2.45) is 0 Å². The number of hydrogen-bond donors (Lipinski definition) is 1. The van der Waals surface area contributed by atoms with E-state index >= 15 is 0 Å². The molecule has 96 valence electrons. The van der Waals surface area contributed by atoms with Gasteiger partial charge in [0, 0.05) is 19.2 Å². The van der Waals surface area contributed by atoms with Crippen LogP contribution in [0.3, 0.4) is 0 Å². The molecule has 0 radical (unpaired) electrons. The van der Waals surface area contributed by atoms with E-state index in [1.165, 1.54) is 0 Å². The first-order chi connectivity index (χ1) is 8.66. The molecule has 0 unspecified atom stereocenters. The van der Waals surface area contributed by atoms with Gasteiger partial charge >= 0.3 is 5.12 Å². The molecule has 2 nitrogen and oxygen atoms in total. The summed E-state index contributed by atoms with van der Waals surface area (Å²) >= 11 is 11.8. The lowest BCUT2D eigenvalue weighted by atomic mass is 10.2. The first-order valence-corrected chi connectivity index (χ1v) is 8.04. The Labute approximate surface area is 120 Å². The van der Waals surface area contributed by atoms with Gasteiger partial charge in [0.1, 0.15) is 11.5 Å². The lowest BCUT2D eigenvalue weighted by Gasteiger charge is -2.11. The van der Waals surface area contributed by atoms with Crippen molar-refractivity contribution in [3.05, 3.63) is 39.9 Å². The highest BCUT2D eigenvalue weighted by atomic mass is 35.5. The lowest BCUT2D eigenvalue weighted by Crippen LogP contribution is -2.39. The molecule has 1 aromatic rings. The third kappa shape index (κ3) is 3.75. The van der Waals surface area contributed by atoms with Crippen molar-refractivity contribution in [1.82, 2.24) is 5.32 Å². The second kappa shape index (κ2) is 6.62. The summed E-state index contributed by atoms with van der Waals surface area (Å²) in [7, 11) is -0.120. The van der Waals surface area contributed by atoms with E-state index in [4.69, 9.17) is 23.2 Å². The second-order valence-corrected chi connectivity index (χ2v) is 7.00. The average Bonchev–Trinajstić information content (AvgIpc) is 2.41. The van der Waals surface area contributed by atoms with E-state index in [9.17, 15) is 4.79 Å². The van der Waals surface area contributed by atoms with Crippen LogP contribution in [0.5, 0.6) is 0 Å². The van der Waals surface area contributed by atoms with E-state index in [1.807, 2.05) is 6.07 Å². The van der Waals surface area contributed by atoms with Gasteiger partial charge in [-0.2, -0.15) is 0 Å². The fourth-order valence-corrected chi connectivity index (χ4v) is 3.65. The third-order valence-corrected chi connectivity index (χ3v) is 5.53. The van der Waals surface area contributed by atoms with Crippen molar-refractivity contribution in [3.63, 3.8) is 0 Å². The van der Waals surface area contributed by atoms with Crippen LogP contribution >= 0.6 is 23.2 Å². The predicted molar refractivity (Wildman–Crippen MR) is 80.5 cm³/mol. The van der Waals surface area contributed by atoms with E-state index < -0.39 is 0 Å². The van der Waals surface area contributed by atoms with Crippen LogP contribution in [0.15, 0.2) is 24.3 Å². The Morgan fingerprint density at radius 1 is 1.22 bits per heavy atom. The highest BCUT2D eigenvalue weighted by molar-refractivity contribution is 8.11. The van der Waals surface area contributed by atoms with Gasteiger partial charge in [-0.25, -0.2) is 4.79 Å². The van der Waals surface area contributed by atoms with Crippen LogP contribution in [0.25, 0.3) is 6.08 Å². The molecule has 1 fully saturated rings. The standard InChI is InChI=1S/C13H14Cl2NOS/c14-11-3-1-10(9-12(11)15)2-4-13(17)18-7-5-16-6-8-18/h1-4,9,16H,5-8H2/q+1/b4-2+. The molecule has 2 rings (SSSR count). The SMILES string of the molecule is O=C(/C=C/c1ccc(Cl)c(Cl)c1)[S+]1CCNCC1. The summed E-state index contributed by atoms with van der Waals surface area (Å²) in [6, 6.07) is 5.35. The molecule has 1 heterocycles. The number of rotatable bonds is 2. The first-order valence-electron chi connectivity index (χ1n) is 5.72. The van der Waals surface area contributed by atoms with Gasteiger partial charge in [0.15, 0.2) is 0 Å². The normalized spacial score (nSPS) is 17.2. The monoisotopic (exact) mass is 302 g/mol. The summed E-state index contributed by atoms with van der Waals surface area (Å²) in [5.41, 5.74) is 0.900. The minimum Gasteiger partial charge on any atom is -0.308 e. The maximum absolute atomic E-state index is 12.0. The molecule has 1 aromatic carbocycles. The molecule has 0 spiro atoms. The topological polar surface area (TPSA) is 29.1 Å². The fourth-order valence-electron chi connectivity index (χ4n) is 1.70. The number of benzene rings is 1. The predicted octanol–water partition coefficient (Wildman–Crippen LogP) is 2.75. The van der Waals surface area contributed by atoms with Crippen LogP contribution in [0.2, 0.25) is 10.0 Å². The van der Waals surface area contributed by atoms with E-state index in [0.29, 0.717) is 10.0 Å². The van der Waals surface area contributed by atoms with E-state index in [-0.39, 0.29) is 16.0 Å². The Morgan fingerprint density at radius 2 is 1.94 bits per heavy atom. The van der Waals surface area contributed by atoms with E-state index in [0.717, 1.165) is 30.2 Å². The van der Waals surface area contributed by atoms with E-state index in [2.05, 4.69) is 5.32 Å². The Hall–Kier alpha value is -0.480.